The summed E-state index contributed by atoms with van der Waals surface area (Å²) < 4.78 is 5.36. The van der Waals surface area contributed by atoms with Crippen LogP contribution in [0.1, 0.15) is 52.9 Å². The van der Waals surface area contributed by atoms with Crippen LogP contribution in [0.3, 0.4) is 0 Å². The summed E-state index contributed by atoms with van der Waals surface area (Å²) in [6, 6.07) is 0.638. The van der Waals surface area contributed by atoms with Crippen molar-refractivity contribution >= 4 is 6.09 Å². The van der Waals surface area contributed by atoms with Crippen LogP contribution in [0, 0.1) is 0 Å². The Balaban J connectivity index is 2.00. The maximum Gasteiger partial charge on any atom is 0.409 e. The van der Waals surface area contributed by atoms with Gasteiger partial charge in [0, 0.05) is 6.04 Å². The van der Waals surface area contributed by atoms with E-state index in [9.17, 15) is 4.79 Å². The molecule has 0 aromatic heterocycles. The molecule has 2 heterocycles. The van der Waals surface area contributed by atoms with Gasteiger partial charge in [-0.15, -0.1) is 0 Å². The Morgan fingerprint density at radius 3 is 2.71 bits per heavy atom. The third-order valence-electron chi connectivity index (χ3n) is 3.98. The zero-order valence-corrected chi connectivity index (χ0v) is 11.4. The molecule has 0 spiro atoms. The first-order valence-corrected chi connectivity index (χ1v) is 6.56. The van der Waals surface area contributed by atoms with Gasteiger partial charge >= 0.3 is 6.09 Å². The fourth-order valence-corrected chi connectivity index (χ4v) is 3.10. The van der Waals surface area contributed by atoms with Crippen LogP contribution in [-0.2, 0) is 4.74 Å². The summed E-state index contributed by atoms with van der Waals surface area (Å²) in [6.45, 7) is 5.69. The average Bonchev–Trinajstić information content (AvgIpc) is 2.38. The molecule has 98 valence electrons. The summed E-state index contributed by atoms with van der Waals surface area (Å²) in [4.78, 5) is 14.2. The normalized spacial score (nSPS) is 33.5. The number of carbonyl (C=O) groups excluding carboxylic acids is 1. The van der Waals surface area contributed by atoms with E-state index in [0.717, 1.165) is 12.8 Å². The van der Waals surface area contributed by atoms with Crippen LogP contribution in [-0.4, -0.2) is 35.3 Å². The summed E-state index contributed by atoms with van der Waals surface area (Å²) in [5, 5.41) is 3.09. The second-order valence-corrected chi connectivity index (χ2v) is 6.35. The van der Waals surface area contributed by atoms with Crippen molar-refractivity contribution in [3.63, 3.8) is 0 Å². The largest absolute Gasteiger partial charge is 0.444 e. The van der Waals surface area contributed by atoms with Crippen molar-refractivity contribution in [2.45, 2.75) is 70.2 Å². The Bertz CT molecular complexity index is 307. The molecule has 4 nitrogen and oxygen atoms in total. The van der Waals surface area contributed by atoms with Gasteiger partial charge in [-0.1, -0.05) is 0 Å². The van der Waals surface area contributed by atoms with Crippen LogP contribution in [0.5, 0.6) is 0 Å². The number of amides is 1. The molecule has 0 unspecified atom stereocenters. The number of ether oxygens (including phenoxy) is 1. The van der Waals surface area contributed by atoms with E-state index >= 15 is 0 Å². The molecule has 0 radical (unpaired) electrons. The van der Waals surface area contributed by atoms with E-state index < -0.39 is 5.60 Å². The lowest BCUT2D eigenvalue weighted by Crippen LogP contribution is -2.59. The Morgan fingerprint density at radius 1 is 1.35 bits per heavy atom. The van der Waals surface area contributed by atoms with Gasteiger partial charge in [-0.25, -0.2) is 4.79 Å². The van der Waals surface area contributed by atoms with E-state index in [1.165, 1.54) is 19.3 Å². The summed E-state index contributed by atoms with van der Waals surface area (Å²) >= 11 is 0. The molecular formula is C13H24N2O2. The van der Waals surface area contributed by atoms with Crippen molar-refractivity contribution < 1.29 is 9.53 Å². The molecule has 17 heavy (non-hydrogen) atoms. The highest BCUT2D eigenvalue weighted by molar-refractivity contribution is 5.68. The van der Waals surface area contributed by atoms with E-state index in [4.69, 9.17) is 4.74 Å². The van der Waals surface area contributed by atoms with Crippen molar-refractivity contribution in [3.05, 3.63) is 0 Å². The van der Waals surface area contributed by atoms with Gasteiger partial charge in [0.15, 0.2) is 0 Å². The maximum absolute atomic E-state index is 11.9. The van der Waals surface area contributed by atoms with Gasteiger partial charge in [-0.05, 0) is 59.9 Å². The van der Waals surface area contributed by atoms with Crippen molar-refractivity contribution in [2.75, 3.05) is 7.05 Å². The van der Waals surface area contributed by atoms with Crippen LogP contribution in [0.25, 0.3) is 0 Å². The fourth-order valence-electron chi connectivity index (χ4n) is 3.10. The standard InChI is InChI=1S/C13H24N2O2/c1-12(2,3)17-11(16)14-13-8-5-6-10(7-9-13)15(13)4/h10H,5-9H2,1-4H3,(H,14,16)/t10-,13-/m0/s1. The number of nitrogens with zero attached hydrogens (tertiary/aromatic N) is 1. The van der Waals surface area contributed by atoms with Gasteiger partial charge in [0.1, 0.15) is 5.60 Å². The smallest absolute Gasteiger partial charge is 0.409 e. The summed E-state index contributed by atoms with van der Waals surface area (Å²) in [6.07, 6.45) is 5.45. The van der Waals surface area contributed by atoms with Crippen molar-refractivity contribution in [3.8, 4) is 0 Å². The van der Waals surface area contributed by atoms with E-state index in [0.29, 0.717) is 6.04 Å². The summed E-state index contributed by atoms with van der Waals surface area (Å²) in [5.41, 5.74) is -0.572. The first-order chi connectivity index (χ1) is 7.82. The molecule has 1 N–H and O–H groups in total. The SMILES string of the molecule is CN1[C@H]2CCC[C@@]1(NC(=O)OC(C)(C)C)CC2. The molecule has 0 aromatic rings. The number of piperidine rings is 1. The minimum absolute atomic E-state index is 0.148. The lowest BCUT2D eigenvalue weighted by Gasteiger charge is -2.43. The Morgan fingerprint density at radius 2 is 2.06 bits per heavy atom. The van der Waals surface area contributed by atoms with Gasteiger partial charge in [0.25, 0.3) is 0 Å². The summed E-state index contributed by atoms with van der Waals surface area (Å²) in [5.74, 6) is 0. The molecule has 2 atom stereocenters. The van der Waals surface area contributed by atoms with Crippen LogP contribution in [0.15, 0.2) is 0 Å². The number of rotatable bonds is 1. The predicted octanol–water partition coefficient (Wildman–Crippen LogP) is 2.49. The molecule has 1 amide bonds. The number of hydrogen-bond donors (Lipinski definition) is 1. The first-order valence-electron chi connectivity index (χ1n) is 6.56. The van der Waals surface area contributed by atoms with Crippen LogP contribution >= 0.6 is 0 Å². The Labute approximate surface area is 104 Å². The molecule has 2 saturated heterocycles. The molecular weight excluding hydrogens is 216 g/mol. The predicted molar refractivity (Wildman–Crippen MR) is 66.7 cm³/mol. The molecule has 2 aliphatic rings. The Kier molecular flexibility index (Phi) is 3.10. The number of alkyl carbamates (subject to hydrolysis) is 1. The quantitative estimate of drug-likeness (QED) is 0.765. The molecule has 0 aliphatic carbocycles. The van der Waals surface area contributed by atoms with Crippen LogP contribution in [0.4, 0.5) is 4.79 Å². The van der Waals surface area contributed by atoms with Gasteiger partial charge in [-0.3, -0.25) is 4.90 Å². The highest BCUT2D eigenvalue weighted by Crippen LogP contribution is 2.41. The highest BCUT2D eigenvalue weighted by atomic mass is 16.6. The molecule has 4 heteroatoms. The maximum atomic E-state index is 11.9. The zero-order chi connectivity index (χ0) is 12.7. The zero-order valence-electron chi connectivity index (χ0n) is 11.4. The number of carbonyl (C=O) groups is 1. The lowest BCUT2D eigenvalue weighted by atomic mass is 9.98. The molecule has 2 aliphatic heterocycles. The van der Waals surface area contributed by atoms with Gasteiger partial charge < -0.3 is 10.1 Å². The van der Waals surface area contributed by atoms with E-state index in [1.807, 2.05) is 20.8 Å². The fraction of sp³-hybridized carbons (Fsp3) is 0.923. The lowest BCUT2D eigenvalue weighted by molar-refractivity contribution is 0.0138. The van der Waals surface area contributed by atoms with Crippen molar-refractivity contribution in [2.24, 2.45) is 0 Å². The monoisotopic (exact) mass is 240 g/mol. The summed E-state index contributed by atoms with van der Waals surface area (Å²) in [7, 11) is 2.12. The highest BCUT2D eigenvalue weighted by Gasteiger charge is 2.48. The van der Waals surface area contributed by atoms with E-state index in [-0.39, 0.29) is 11.8 Å². The second kappa shape index (κ2) is 4.16. The second-order valence-electron chi connectivity index (χ2n) is 6.35. The van der Waals surface area contributed by atoms with Gasteiger partial charge in [-0.2, -0.15) is 0 Å². The molecule has 2 fully saturated rings. The van der Waals surface area contributed by atoms with Crippen LogP contribution < -0.4 is 5.32 Å². The number of nitrogens with one attached hydrogen (secondary N) is 1. The molecule has 2 rings (SSSR count). The van der Waals surface area contributed by atoms with Crippen LogP contribution in [0.2, 0.25) is 0 Å². The minimum Gasteiger partial charge on any atom is -0.444 e. The van der Waals surface area contributed by atoms with Gasteiger partial charge in [0.2, 0.25) is 0 Å². The number of fused-ring (bicyclic) bond motifs is 2. The molecule has 0 saturated carbocycles. The van der Waals surface area contributed by atoms with Crippen molar-refractivity contribution in [1.29, 1.82) is 0 Å². The van der Waals surface area contributed by atoms with E-state index in [1.54, 1.807) is 0 Å². The van der Waals surface area contributed by atoms with Gasteiger partial charge in [0.05, 0.1) is 5.66 Å². The molecule has 2 bridgehead atoms. The number of hydrogen-bond acceptors (Lipinski definition) is 3. The van der Waals surface area contributed by atoms with E-state index in [2.05, 4.69) is 17.3 Å². The third-order valence-corrected chi connectivity index (χ3v) is 3.98. The first kappa shape index (κ1) is 12.7. The Hall–Kier alpha value is -0.770. The topological polar surface area (TPSA) is 41.6 Å². The third kappa shape index (κ3) is 2.57. The average molecular weight is 240 g/mol. The molecule has 0 aromatic carbocycles. The minimum atomic E-state index is -0.425. The van der Waals surface area contributed by atoms with Crippen molar-refractivity contribution in [1.82, 2.24) is 10.2 Å².